The van der Waals surface area contributed by atoms with Crippen molar-refractivity contribution in [3.8, 4) is 0 Å². The molecule has 0 radical (unpaired) electrons. The fourth-order valence-electron chi connectivity index (χ4n) is 2.17. The third-order valence-electron chi connectivity index (χ3n) is 3.33. The highest BCUT2D eigenvalue weighted by Gasteiger charge is 2.11. The smallest absolute Gasteiger partial charge is 0.213 e. The molecule has 114 valence electrons. The van der Waals surface area contributed by atoms with Gasteiger partial charge in [-0.15, -0.1) is 0 Å². The fourth-order valence-corrected chi connectivity index (χ4v) is 3.11. The van der Waals surface area contributed by atoms with Crippen molar-refractivity contribution in [2.24, 2.45) is 0 Å². The van der Waals surface area contributed by atoms with Gasteiger partial charge in [0.25, 0.3) is 0 Å². The van der Waals surface area contributed by atoms with Crippen molar-refractivity contribution in [3.05, 3.63) is 60.7 Å². The summed E-state index contributed by atoms with van der Waals surface area (Å²) in [6.07, 6.45) is 3.31. The maximum Gasteiger partial charge on any atom is 0.213 e. The lowest BCUT2D eigenvalue weighted by atomic mass is 10.3. The van der Waals surface area contributed by atoms with Gasteiger partial charge in [0.05, 0.1) is 35.4 Å². The van der Waals surface area contributed by atoms with Crippen LogP contribution in [0.2, 0.25) is 0 Å². The van der Waals surface area contributed by atoms with Gasteiger partial charge in [0, 0.05) is 12.7 Å². The Kier molecular flexibility index (Phi) is 4.17. The van der Waals surface area contributed by atoms with Gasteiger partial charge in [0.2, 0.25) is 10.0 Å². The minimum Gasteiger partial charge on any atom is -0.330 e. The van der Waals surface area contributed by atoms with Crippen LogP contribution in [0.3, 0.4) is 0 Å². The quantitative estimate of drug-likeness (QED) is 0.748. The molecule has 3 rings (SSSR count). The predicted octanol–water partition coefficient (Wildman–Crippen LogP) is 1.55. The van der Waals surface area contributed by atoms with E-state index in [1.807, 2.05) is 34.9 Å². The first kappa shape index (κ1) is 14.7. The molecule has 0 amide bonds. The third-order valence-corrected chi connectivity index (χ3v) is 4.63. The summed E-state index contributed by atoms with van der Waals surface area (Å²) < 4.78 is 28.5. The number of hydrogen-bond acceptors (Lipinski definition) is 4. The molecule has 2 aromatic heterocycles. The van der Waals surface area contributed by atoms with Crippen LogP contribution >= 0.6 is 0 Å². The van der Waals surface area contributed by atoms with E-state index in [0.29, 0.717) is 12.2 Å². The van der Waals surface area contributed by atoms with Crippen molar-refractivity contribution >= 4 is 21.1 Å². The monoisotopic (exact) mass is 316 g/mol. The highest BCUT2D eigenvalue weighted by atomic mass is 32.2. The molecule has 0 unspecified atom stereocenters. The Morgan fingerprint density at radius 3 is 2.68 bits per heavy atom. The van der Waals surface area contributed by atoms with E-state index in [1.54, 1.807) is 24.7 Å². The van der Waals surface area contributed by atoms with Crippen molar-refractivity contribution in [3.63, 3.8) is 0 Å². The summed E-state index contributed by atoms with van der Waals surface area (Å²) in [5.74, 6) is 0.000186. The molecule has 1 aromatic carbocycles. The van der Waals surface area contributed by atoms with Crippen molar-refractivity contribution in [2.45, 2.75) is 13.1 Å². The van der Waals surface area contributed by atoms with Crippen LogP contribution in [-0.2, 0) is 23.1 Å². The minimum atomic E-state index is -3.36. The van der Waals surface area contributed by atoms with Crippen molar-refractivity contribution in [1.82, 2.24) is 19.3 Å². The molecular formula is C15H16N4O2S. The molecule has 7 heteroatoms. The second-order valence-electron chi connectivity index (χ2n) is 4.89. The first-order valence-corrected chi connectivity index (χ1v) is 8.56. The maximum atomic E-state index is 12.1. The van der Waals surface area contributed by atoms with E-state index in [9.17, 15) is 8.42 Å². The van der Waals surface area contributed by atoms with Crippen molar-refractivity contribution in [1.29, 1.82) is 0 Å². The summed E-state index contributed by atoms with van der Waals surface area (Å²) in [5, 5.41) is 0. The highest BCUT2D eigenvalue weighted by Crippen LogP contribution is 2.11. The van der Waals surface area contributed by atoms with Gasteiger partial charge in [-0.05, 0) is 24.3 Å². The molecule has 3 aromatic rings. The van der Waals surface area contributed by atoms with Crippen LogP contribution in [0.1, 0.15) is 5.69 Å². The third kappa shape index (κ3) is 3.49. The molecule has 1 N–H and O–H groups in total. The molecule has 22 heavy (non-hydrogen) atoms. The molecule has 0 bridgehead atoms. The molecular weight excluding hydrogens is 300 g/mol. The number of nitrogens with zero attached hydrogens (tertiary/aromatic N) is 3. The molecule has 0 aliphatic rings. The highest BCUT2D eigenvalue weighted by molar-refractivity contribution is 7.89. The van der Waals surface area contributed by atoms with E-state index in [0.717, 1.165) is 11.0 Å². The Bertz CT molecular complexity index is 859. The second-order valence-corrected chi connectivity index (χ2v) is 6.81. The number of imidazole rings is 1. The zero-order valence-electron chi connectivity index (χ0n) is 11.9. The van der Waals surface area contributed by atoms with Gasteiger partial charge in [-0.1, -0.05) is 18.2 Å². The van der Waals surface area contributed by atoms with E-state index in [2.05, 4.69) is 14.7 Å². The molecule has 6 nitrogen and oxygen atoms in total. The molecule has 0 atom stereocenters. The van der Waals surface area contributed by atoms with E-state index in [4.69, 9.17) is 0 Å². The Balaban J connectivity index is 1.62. The maximum absolute atomic E-state index is 12.1. The SMILES string of the molecule is O=S(=O)(CCn1cnc2ccccc21)NCc1ccccn1. The number of aryl methyl sites for hydroxylation is 1. The van der Waals surface area contributed by atoms with Gasteiger partial charge in [0.1, 0.15) is 0 Å². The molecule has 2 heterocycles. The Morgan fingerprint density at radius 1 is 1.05 bits per heavy atom. The Morgan fingerprint density at radius 2 is 1.86 bits per heavy atom. The second kappa shape index (κ2) is 6.25. The zero-order chi connectivity index (χ0) is 15.4. The Labute approximate surface area is 128 Å². The average molecular weight is 316 g/mol. The molecule has 0 saturated carbocycles. The van der Waals surface area contributed by atoms with Crippen LogP contribution in [0, 0.1) is 0 Å². The predicted molar refractivity (Wildman–Crippen MR) is 84.6 cm³/mol. The van der Waals surface area contributed by atoms with Gasteiger partial charge >= 0.3 is 0 Å². The number of rotatable bonds is 6. The molecule has 0 spiro atoms. The average Bonchev–Trinajstić information content (AvgIpc) is 2.96. The molecule has 0 aliphatic carbocycles. The lowest BCUT2D eigenvalue weighted by Crippen LogP contribution is -2.28. The normalized spacial score (nSPS) is 11.8. The van der Waals surface area contributed by atoms with Crippen LogP contribution < -0.4 is 4.72 Å². The van der Waals surface area contributed by atoms with Crippen LogP contribution in [-0.4, -0.2) is 28.7 Å². The summed E-state index contributed by atoms with van der Waals surface area (Å²) in [6.45, 7) is 0.561. The number of aromatic nitrogens is 3. The van der Waals surface area contributed by atoms with Gasteiger partial charge in [0.15, 0.2) is 0 Å². The summed E-state index contributed by atoms with van der Waals surface area (Å²) >= 11 is 0. The van der Waals surface area contributed by atoms with Crippen molar-refractivity contribution < 1.29 is 8.42 Å². The topological polar surface area (TPSA) is 76.9 Å². The number of sulfonamides is 1. The van der Waals surface area contributed by atoms with Crippen LogP contribution in [0.5, 0.6) is 0 Å². The summed E-state index contributed by atoms with van der Waals surface area (Å²) in [4.78, 5) is 8.34. The van der Waals surface area contributed by atoms with Gasteiger partial charge in [-0.3, -0.25) is 4.98 Å². The van der Waals surface area contributed by atoms with E-state index < -0.39 is 10.0 Å². The largest absolute Gasteiger partial charge is 0.330 e. The number of nitrogens with one attached hydrogen (secondary N) is 1. The number of para-hydroxylation sites is 2. The summed E-state index contributed by atoms with van der Waals surface area (Å²) in [5.41, 5.74) is 2.49. The lowest BCUT2D eigenvalue weighted by molar-refractivity contribution is 0.574. The van der Waals surface area contributed by atoms with Gasteiger partial charge < -0.3 is 4.57 Å². The lowest BCUT2D eigenvalue weighted by Gasteiger charge is -2.07. The standard InChI is InChI=1S/C15H16N4O2S/c20-22(21,18-11-13-5-3-4-8-16-13)10-9-19-12-17-14-6-1-2-7-15(14)19/h1-8,12,18H,9-11H2. The zero-order valence-corrected chi connectivity index (χ0v) is 12.7. The van der Waals surface area contributed by atoms with E-state index in [1.165, 1.54) is 0 Å². The van der Waals surface area contributed by atoms with Crippen LogP contribution in [0.25, 0.3) is 11.0 Å². The first-order valence-electron chi connectivity index (χ1n) is 6.91. The fraction of sp³-hybridized carbons (Fsp3) is 0.200. The molecule has 0 saturated heterocycles. The summed E-state index contributed by atoms with van der Waals surface area (Å²) in [6, 6.07) is 13.1. The van der Waals surface area contributed by atoms with Gasteiger partial charge in [-0.2, -0.15) is 0 Å². The van der Waals surface area contributed by atoms with E-state index in [-0.39, 0.29) is 12.3 Å². The number of benzene rings is 1. The number of hydrogen-bond donors (Lipinski definition) is 1. The van der Waals surface area contributed by atoms with Crippen LogP contribution in [0.4, 0.5) is 0 Å². The summed E-state index contributed by atoms with van der Waals surface area (Å²) in [7, 11) is -3.36. The van der Waals surface area contributed by atoms with Gasteiger partial charge in [-0.25, -0.2) is 18.1 Å². The van der Waals surface area contributed by atoms with Crippen LogP contribution in [0.15, 0.2) is 55.0 Å². The minimum absolute atomic E-state index is 0.000186. The number of fused-ring (bicyclic) bond motifs is 1. The molecule has 0 fully saturated rings. The number of pyridine rings is 1. The van der Waals surface area contributed by atoms with Crippen molar-refractivity contribution in [2.75, 3.05) is 5.75 Å². The molecule has 0 aliphatic heterocycles. The Hall–Kier alpha value is -2.25. The first-order chi connectivity index (χ1) is 10.6. The van der Waals surface area contributed by atoms with E-state index >= 15 is 0 Å².